The number of sulfonamides is 1. The van der Waals surface area contributed by atoms with Gasteiger partial charge in [0.1, 0.15) is 5.82 Å². The first-order valence-corrected chi connectivity index (χ1v) is 9.60. The summed E-state index contributed by atoms with van der Waals surface area (Å²) in [5, 5.41) is 2.29. The predicted octanol–water partition coefficient (Wildman–Crippen LogP) is 2.40. The van der Waals surface area contributed by atoms with E-state index in [1.165, 1.54) is 17.3 Å². The van der Waals surface area contributed by atoms with Crippen molar-refractivity contribution in [2.24, 2.45) is 5.73 Å². The van der Waals surface area contributed by atoms with Gasteiger partial charge >= 0.3 is 0 Å². The fourth-order valence-electron chi connectivity index (χ4n) is 2.49. The summed E-state index contributed by atoms with van der Waals surface area (Å²) in [5.41, 5.74) is 6.40. The van der Waals surface area contributed by atoms with Gasteiger partial charge in [-0.3, -0.25) is 4.79 Å². The van der Waals surface area contributed by atoms with E-state index in [0.717, 1.165) is 17.7 Å². The molecule has 2 rings (SSSR count). The minimum absolute atomic E-state index is 0. The molecule has 0 atom stereocenters. The van der Waals surface area contributed by atoms with Crippen LogP contribution in [0.2, 0.25) is 0 Å². The minimum Gasteiger partial charge on any atom is -0.329 e. The molecule has 9 heteroatoms. The maximum atomic E-state index is 13.8. The zero-order valence-corrected chi connectivity index (χ0v) is 16.5. The van der Waals surface area contributed by atoms with Gasteiger partial charge in [0.25, 0.3) is 0 Å². The molecule has 1 amide bonds. The van der Waals surface area contributed by atoms with Crippen molar-refractivity contribution in [3.05, 3.63) is 59.9 Å². The van der Waals surface area contributed by atoms with E-state index in [1.54, 1.807) is 0 Å². The number of amides is 1. The van der Waals surface area contributed by atoms with Gasteiger partial charge in [0.05, 0.1) is 10.6 Å². The number of nitrogens with one attached hydrogen (secondary N) is 1. The maximum Gasteiger partial charge on any atom is 0.243 e. The van der Waals surface area contributed by atoms with Crippen molar-refractivity contribution in [1.29, 1.82) is 0 Å². The summed E-state index contributed by atoms with van der Waals surface area (Å²) in [4.78, 5) is 11.1. The van der Waals surface area contributed by atoms with Crippen LogP contribution in [0.4, 0.5) is 10.1 Å². The lowest BCUT2D eigenvalue weighted by molar-refractivity contribution is -0.114. The first-order chi connectivity index (χ1) is 12.3. The van der Waals surface area contributed by atoms with Gasteiger partial charge < -0.3 is 11.1 Å². The summed E-state index contributed by atoms with van der Waals surface area (Å²) in [7, 11) is -3.87. The van der Waals surface area contributed by atoms with Gasteiger partial charge in [0.15, 0.2) is 0 Å². The Balaban J connectivity index is 0.00000364. The average molecular weight is 416 g/mol. The molecule has 6 nitrogen and oxygen atoms in total. The van der Waals surface area contributed by atoms with Gasteiger partial charge in [-0.25, -0.2) is 12.8 Å². The number of nitrogens with two attached hydrogens (primary N) is 1. The molecule has 0 aromatic heterocycles. The molecule has 0 spiro atoms. The standard InChI is InChI=1S/C18H22FN3O3S.ClH/c1-14(23)21-18-13-16(7-8-17(18)19)26(24,25)22(12-10-20)11-9-15-5-3-2-4-6-15;/h2-8,13H,9-12,20H2,1H3,(H,21,23);1H. The Hall–Kier alpha value is -2.00. The Morgan fingerprint density at radius 3 is 2.41 bits per heavy atom. The van der Waals surface area contributed by atoms with E-state index >= 15 is 0 Å². The van der Waals surface area contributed by atoms with Crippen LogP contribution in [0.5, 0.6) is 0 Å². The van der Waals surface area contributed by atoms with Crippen molar-refractivity contribution in [3.63, 3.8) is 0 Å². The Labute approximate surface area is 165 Å². The largest absolute Gasteiger partial charge is 0.329 e. The van der Waals surface area contributed by atoms with Gasteiger partial charge in [0, 0.05) is 26.6 Å². The zero-order chi connectivity index (χ0) is 19.2. The molecule has 0 unspecified atom stereocenters. The smallest absolute Gasteiger partial charge is 0.243 e. The number of hydrogen-bond donors (Lipinski definition) is 2. The maximum absolute atomic E-state index is 13.8. The molecule has 0 aliphatic carbocycles. The lowest BCUT2D eigenvalue weighted by Gasteiger charge is -2.22. The highest BCUT2D eigenvalue weighted by atomic mass is 35.5. The number of nitrogens with zero attached hydrogens (tertiary/aromatic N) is 1. The minimum atomic E-state index is -3.87. The number of halogens is 2. The highest BCUT2D eigenvalue weighted by Crippen LogP contribution is 2.23. The van der Waals surface area contributed by atoms with Crippen LogP contribution >= 0.6 is 12.4 Å². The van der Waals surface area contributed by atoms with Crippen molar-refractivity contribution in [2.45, 2.75) is 18.2 Å². The highest BCUT2D eigenvalue weighted by Gasteiger charge is 2.25. The summed E-state index contributed by atoms with van der Waals surface area (Å²) < 4.78 is 40.9. The third-order valence-electron chi connectivity index (χ3n) is 3.76. The van der Waals surface area contributed by atoms with E-state index in [9.17, 15) is 17.6 Å². The molecule has 0 saturated heterocycles. The van der Waals surface area contributed by atoms with Crippen molar-refractivity contribution in [1.82, 2.24) is 4.31 Å². The summed E-state index contributed by atoms with van der Waals surface area (Å²) in [6.45, 7) is 1.77. The fourth-order valence-corrected chi connectivity index (χ4v) is 3.98. The topological polar surface area (TPSA) is 92.5 Å². The second kappa shape index (κ2) is 10.4. The highest BCUT2D eigenvalue weighted by molar-refractivity contribution is 7.89. The predicted molar refractivity (Wildman–Crippen MR) is 106 cm³/mol. The van der Waals surface area contributed by atoms with Crippen molar-refractivity contribution in [2.75, 3.05) is 25.0 Å². The van der Waals surface area contributed by atoms with E-state index in [0.29, 0.717) is 6.42 Å². The molecule has 2 aromatic carbocycles. The second-order valence-corrected chi connectivity index (χ2v) is 7.69. The third kappa shape index (κ3) is 6.28. The molecule has 0 saturated carbocycles. The lowest BCUT2D eigenvalue weighted by atomic mass is 10.1. The third-order valence-corrected chi connectivity index (χ3v) is 5.65. The molecule has 27 heavy (non-hydrogen) atoms. The molecule has 0 fully saturated rings. The van der Waals surface area contributed by atoms with Crippen LogP contribution in [0, 0.1) is 5.82 Å². The van der Waals surface area contributed by atoms with E-state index in [2.05, 4.69) is 5.32 Å². The molecule has 2 aromatic rings. The first kappa shape index (κ1) is 23.0. The number of rotatable bonds is 8. The Bertz CT molecular complexity index is 863. The molecular weight excluding hydrogens is 393 g/mol. The van der Waals surface area contributed by atoms with E-state index in [4.69, 9.17) is 5.73 Å². The summed E-state index contributed by atoms with van der Waals surface area (Å²) in [5.74, 6) is -1.19. The monoisotopic (exact) mass is 415 g/mol. The SMILES string of the molecule is CC(=O)Nc1cc(S(=O)(=O)N(CCN)CCc2ccccc2)ccc1F.Cl. The molecule has 0 bridgehead atoms. The summed E-state index contributed by atoms with van der Waals surface area (Å²) >= 11 is 0. The molecule has 0 radical (unpaired) electrons. The molecule has 0 aliphatic heterocycles. The van der Waals surface area contributed by atoms with Gasteiger partial charge in [-0.1, -0.05) is 30.3 Å². The van der Waals surface area contributed by atoms with E-state index < -0.39 is 21.7 Å². The van der Waals surface area contributed by atoms with E-state index in [-0.39, 0.29) is 42.6 Å². The summed E-state index contributed by atoms with van der Waals surface area (Å²) in [6.07, 6.45) is 0.528. The van der Waals surface area contributed by atoms with Gasteiger partial charge in [0.2, 0.25) is 15.9 Å². The quantitative estimate of drug-likeness (QED) is 0.692. The van der Waals surface area contributed by atoms with E-state index in [1.807, 2.05) is 30.3 Å². The Morgan fingerprint density at radius 1 is 1.15 bits per heavy atom. The molecule has 0 heterocycles. The zero-order valence-electron chi connectivity index (χ0n) is 14.9. The van der Waals surface area contributed by atoms with Gasteiger partial charge in [-0.05, 0) is 30.2 Å². The normalized spacial score (nSPS) is 11.1. The Kier molecular flexibility index (Phi) is 8.84. The molecular formula is C18H23ClFN3O3S. The number of hydrogen-bond acceptors (Lipinski definition) is 4. The van der Waals surface area contributed by atoms with Crippen molar-refractivity contribution >= 4 is 34.0 Å². The van der Waals surface area contributed by atoms with Crippen LogP contribution in [0.1, 0.15) is 12.5 Å². The van der Waals surface area contributed by atoms with Crippen LogP contribution in [0.15, 0.2) is 53.4 Å². The first-order valence-electron chi connectivity index (χ1n) is 8.16. The number of carbonyl (C=O) groups excluding carboxylic acids is 1. The van der Waals surface area contributed by atoms with Crippen molar-refractivity contribution < 1.29 is 17.6 Å². The summed E-state index contributed by atoms with van der Waals surface area (Å²) in [6, 6.07) is 12.8. The molecule has 0 aliphatic rings. The average Bonchev–Trinajstić information content (AvgIpc) is 2.60. The van der Waals surface area contributed by atoms with Crippen LogP contribution in [-0.2, 0) is 21.2 Å². The second-order valence-electron chi connectivity index (χ2n) is 5.75. The van der Waals surface area contributed by atoms with Gasteiger partial charge in [-0.2, -0.15) is 4.31 Å². The fraction of sp³-hybridized carbons (Fsp3) is 0.278. The Morgan fingerprint density at radius 2 is 1.81 bits per heavy atom. The number of carbonyl (C=O) groups is 1. The number of benzene rings is 2. The van der Waals surface area contributed by atoms with Crippen LogP contribution < -0.4 is 11.1 Å². The van der Waals surface area contributed by atoms with Crippen LogP contribution in [-0.4, -0.2) is 38.3 Å². The van der Waals surface area contributed by atoms with Crippen LogP contribution in [0.25, 0.3) is 0 Å². The van der Waals surface area contributed by atoms with Gasteiger partial charge in [-0.15, -0.1) is 12.4 Å². The van der Waals surface area contributed by atoms with Crippen LogP contribution in [0.3, 0.4) is 0 Å². The number of anilines is 1. The van der Waals surface area contributed by atoms with Crippen molar-refractivity contribution in [3.8, 4) is 0 Å². The lowest BCUT2D eigenvalue weighted by Crippen LogP contribution is -2.37. The molecule has 3 N–H and O–H groups in total. The molecule has 148 valence electrons.